The van der Waals surface area contributed by atoms with Crippen LogP contribution >= 0.6 is 27.5 Å². The third-order valence-corrected chi connectivity index (χ3v) is 6.46. The van der Waals surface area contributed by atoms with Crippen LogP contribution in [0, 0.1) is 5.82 Å². The van der Waals surface area contributed by atoms with Crippen molar-refractivity contribution in [3.8, 4) is 0 Å². The molecule has 0 aromatic heterocycles. The Kier molecular flexibility index (Phi) is 3.99. The number of halogens is 3. The van der Waals surface area contributed by atoms with Gasteiger partial charge in [0.1, 0.15) is 11.9 Å². The fraction of sp³-hybridized carbons (Fsp3) is 0.333. The molecular formula is C9H9BrClFO3S. The van der Waals surface area contributed by atoms with Crippen LogP contribution in [0.3, 0.4) is 0 Å². The van der Waals surface area contributed by atoms with Gasteiger partial charge in [-0.25, -0.2) is 12.8 Å². The van der Waals surface area contributed by atoms with E-state index in [1.165, 1.54) is 12.1 Å². The molecule has 0 aliphatic rings. The number of rotatable bonds is 3. The number of aliphatic hydroxyl groups excluding tert-OH is 1. The Hall–Kier alpha value is -0.170. The van der Waals surface area contributed by atoms with Gasteiger partial charge in [-0.05, 0) is 33.6 Å². The van der Waals surface area contributed by atoms with Crippen molar-refractivity contribution in [3.05, 3.63) is 35.6 Å². The van der Waals surface area contributed by atoms with E-state index in [4.69, 9.17) is 11.6 Å². The Balaban J connectivity index is 3.12. The van der Waals surface area contributed by atoms with Crippen molar-refractivity contribution >= 4 is 37.4 Å². The second kappa shape index (κ2) is 4.60. The molecule has 0 radical (unpaired) electrons. The lowest BCUT2D eigenvalue weighted by Gasteiger charge is -2.24. The maximum absolute atomic E-state index is 12.6. The Morgan fingerprint density at radius 3 is 2.25 bits per heavy atom. The zero-order chi connectivity index (χ0) is 12.6. The van der Waals surface area contributed by atoms with Crippen molar-refractivity contribution in [1.82, 2.24) is 0 Å². The molecule has 0 aliphatic heterocycles. The molecule has 0 heterocycles. The lowest BCUT2D eigenvalue weighted by molar-refractivity contribution is 0.185. The number of benzene rings is 1. The minimum absolute atomic E-state index is 0.207. The lowest BCUT2D eigenvalue weighted by atomic mass is 10.1. The summed E-state index contributed by atoms with van der Waals surface area (Å²) in [6.07, 6.45) is -0.605. The lowest BCUT2D eigenvalue weighted by Crippen LogP contribution is -2.32. The molecule has 1 N–H and O–H groups in total. The Labute approximate surface area is 106 Å². The van der Waals surface area contributed by atoms with Crippen molar-refractivity contribution in [2.45, 2.75) is 9.22 Å². The van der Waals surface area contributed by atoms with E-state index in [9.17, 15) is 17.9 Å². The fourth-order valence-electron chi connectivity index (χ4n) is 1.04. The van der Waals surface area contributed by atoms with Crippen LogP contribution in [0.1, 0.15) is 11.7 Å². The van der Waals surface area contributed by atoms with Crippen molar-refractivity contribution in [2.24, 2.45) is 0 Å². The van der Waals surface area contributed by atoms with Gasteiger partial charge in [0.25, 0.3) is 0 Å². The van der Waals surface area contributed by atoms with E-state index in [-0.39, 0.29) is 5.56 Å². The van der Waals surface area contributed by atoms with Gasteiger partial charge in [0.2, 0.25) is 3.12 Å². The van der Waals surface area contributed by atoms with Crippen molar-refractivity contribution in [3.63, 3.8) is 0 Å². The molecule has 0 bridgehead atoms. The minimum atomic E-state index is -3.72. The molecule has 0 saturated carbocycles. The summed E-state index contributed by atoms with van der Waals surface area (Å²) in [6, 6.07) is 4.76. The third-order valence-electron chi connectivity index (χ3n) is 2.00. The van der Waals surface area contributed by atoms with Crippen LogP contribution in [0.5, 0.6) is 0 Å². The minimum Gasteiger partial charge on any atom is -0.385 e. The standard InChI is InChI=1S/C9H9BrClFO3S/c1-16(14,15)9(10,11)8(13)6-2-4-7(12)5-3-6/h2-5,8,13H,1H3/t8-,9-/m1/s1. The highest BCUT2D eigenvalue weighted by Crippen LogP contribution is 2.41. The van der Waals surface area contributed by atoms with Gasteiger partial charge in [0.15, 0.2) is 9.84 Å². The average Bonchev–Trinajstić information content (AvgIpc) is 2.16. The highest BCUT2D eigenvalue weighted by Gasteiger charge is 2.44. The molecule has 3 nitrogen and oxygen atoms in total. The van der Waals surface area contributed by atoms with E-state index >= 15 is 0 Å². The summed E-state index contributed by atoms with van der Waals surface area (Å²) in [6.45, 7) is 0. The molecule has 7 heteroatoms. The summed E-state index contributed by atoms with van der Waals surface area (Å²) < 4.78 is 33.3. The van der Waals surface area contributed by atoms with Gasteiger partial charge in [0, 0.05) is 6.26 Å². The van der Waals surface area contributed by atoms with E-state index in [0.717, 1.165) is 18.4 Å². The first kappa shape index (κ1) is 13.9. The van der Waals surface area contributed by atoms with Crippen LogP contribution < -0.4 is 0 Å². The quantitative estimate of drug-likeness (QED) is 0.864. The molecule has 1 rings (SSSR count). The van der Waals surface area contributed by atoms with E-state index in [2.05, 4.69) is 15.9 Å². The molecule has 0 fully saturated rings. The first-order valence-electron chi connectivity index (χ1n) is 4.17. The molecule has 90 valence electrons. The Morgan fingerprint density at radius 2 is 1.88 bits per heavy atom. The van der Waals surface area contributed by atoms with Gasteiger partial charge in [-0.1, -0.05) is 23.7 Å². The predicted molar refractivity (Wildman–Crippen MR) is 63.7 cm³/mol. The van der Waals surface area contributed by atoms with Crippen LogP contribution in [0.2, 0.25) is 0 Å². The molecule has 0 amide bonds. The van der Waals surface area contributed by atoms with Crippen molar-refractivity contribution < 1.29 is 17.9 Å². The Bertz CT molecular complexity index is 472. The zero-order valence-electron chi connectivity index (χ0n) is 8.19. The van der Waals surface area contributed by atoms with E-state index in [1.807, 2.05) is 0 Å². The van der Waals surface area contributed by atoms with Gasteiger partial charge in [-0.2, -0.15) is 0 Å². The molecule has 0 unspecified atom stereocenters. The van der Waals surface area contributed by atoms with Crippen LogP contribution in [0.15, 0.2) is 24.3 Å². The van der Waals surface area contributed by atoms with E-state index in [0.29, 0.717) is 0 Å². The zero-order valence-corrected chi connectivity index (χ0v) is 11.4. The largest absolute Gasteiger partial charge is 0.385 e. The van der Waals surface area contributed by atoms with Gasteiger partial charge in [-0.15, -0.1) is 0 Å². The highest BCUT2D eigenvalue weighted by atomic mass is 79.9. The normalized spacial score (nSPS) is 17.8. The van der Waals surface area contributed by atoms with E-state index in [1.54, 1.807) is 0 Å². The van der Waals surface area contributed by atoms with Crippen molar-refractivity contribution in [2.75, 3.05) is 6.26 Å². The second-order valence-electron chi connectivity index (χ2n) is 3.29. The first-order chi connectivity index (χ1) is 7.16. The monoisotopic (exact) mass is 330 g/mol. The third kappa shape index (κ3) is 2.74. The smallest absolute Gasteiger partial charge is 0.228 e. The summed E-state index contributed by atoms with van der Waals surface area (Å²) in [7, 11) is -3.72. The summed E-state index contributed by atoms with van der Waals surface area (Å²) in [5, 5.41) is 9.79. The summed E-state index contributed by atoms with van der Waals surface area (Å²) in [5.41, 5.74) is 0.207. The van der Waals surface area contributed by atoms with Gasteiger partial charge < -0.3 is 5.11 Å². The summed E-state index contributed by atoms with van der Waals surface area (Å²) in [4.78, 5) is 0. The van der Waals surface area contributed by atoms with Crippen LogP contribution in [0.25, 0.3) is 0 Å². The molecule has 0 saturated heterocycles. The average molecular weight is 332 g/mol. The molecule has 0 aliphatic carbocycles. The van der Waals surface area contributed by atoms with Crippen LogP contribution in [0.4, 0.5) is 4.39 Å². The number of aliphatic hydroxyl groups is 1. The second-order valence-corrected chi connectivity index (χ2v) is 8.53. The summed E-state index contributed by atoms with van der Waals surface area (Å²) >= 11 is 8.48. The molecule has 16 heavy (non-hydrogen) atoms. The Morgan fingerprint density at radius 1 is 1.44 bits per heavy atom. The predicted octanol–water partition coefficient (Wildman–Crippen LogP) is 2.19. The van der Waals surface area contributed by atoms with Gasteiger partial charge in [0.05, 0.1) is 0 Å². The fourth-order valence-corrected chi connectivity index (χ4v) is 1.97. The molecule has 0 spiro atoms. The number of sulfone groups is 1. The topological polar surface area (TPSA) is 54.4 Å². The van der Waals surface area contributed by atoms with Crippen LogP contribution in [-0.4, -0.2) is 22.9 Å². The SMILES string of the molecule is CS(=O)(=O)[C@@](Cl)(Br)[C@H](O)c1ccc(F)cc1. The van der Waals surface area contributed by atoms with E-state index < -0.39 is 24.9 Å². The first-order valence-corrected chi connectivity index (χ1v) is 7.23. The number of hydrogen-bond donors (Lipinski definition) is 1. The summed E-state index contributed by atoms with van der Waals surface area (Å²) in [5.74, 6) is -0.481. The molecule has 1 aromatic rings. The maximum atomic E-state index is 12.6. The number of hydrogen-bond acceptors (Lipinski definition) is 3. The van der Waals surface area contributed by atoms with Gasteiger partial charge in [-0.3, -0.25) is 0 Å². The van der Waals surface area contributed by atoms with Gasteiger partial charge >= 0.3 is 0 Å². The highest BCUT2D eigenvalue weighted by molar-refractivity contribution is 9.12. The van der Waals surface area contributed by atoms with Crippen LogP contribution in [-0.2, 0) is 9.84 Å². The molecule has 1 aromatic carbocycles. The molecule has 2 atom stereocenters. The van der Waals surface area contributed by atoms with Crippen molar-refractivity contribution in [1.29, 1.82) is 0 Å². The maximum Gasteiger partial charge on any atom is 0.228 e. The number of alkyl halides is 2. The molecular weight excluding hydrogens is 323 g/mol.